The van der Waals surface area contributed by atoms with E-state index in [1.807, 2.05) is 4.57 Å². The molecular formula is C15H17N5. The van der Waals surface area contributed by atoms with E-state index in [4.69, 9.17) is 5.41 Å². The predicted molar refractivity (Wildman–Crippen MR) is 79.4 cm³/mol. The summed E-state index contributed by atoms with van der Waals surface area (Å²) >= 11 is 0. The van der Waals surface area contributed by atoms with Crippen molar-refractivity contribution in [2.75, 3.05) is 0 Å². The van der Waals surface area contributed by atoms with Crippen LogP contribution in [-0.2, 0) is 6.54 Å². The second kappa shape index (κ2) is 5.28. The molecule has 1 N–H and O–H groups in total. The Labute approximate surface area is 117 Å². The van der Waals surface area contributed by atoms with E-state index >= 15 is 0 Å². The van der Waals surface area contributed by atoms with Crippen molar-refractivity contribution in [3.8, 4) is 5.69 Å². The first-order valence-electron chi connectivity index (χ1n) is 6.71. The zero-order valence-corrected chi connectivity index (χ0v) is 11.4. The van der Waals surface area contributed by atoms with Crippen molar-refractivity contribution in [2.24, 2.45) is 5.92 Å². The summed E-state index contributed by atoms with van der Waals surface area (Å²) in [6.07, 6.45) is 7.83. The zero-order valence-electron chi connectivity index (χ0n) is 11.4. The van der Waals surface area contributed by atoms with Crippen LogP contribution in [0.15, 0.2) is 43.1 Å². The lowest BCUT2D eigenvalue weighted by Gasteiger charge is -2.11. The molecule has 2 heterocycles. The molecule has 1 atom stereocenters. The van der Waals surface area contributed by atoms with Crippen molar-refractivity contribution >= 4 is 17.1 Å². The maximum atomic E-state index is 7.20. The summed E-state index contributed by atoms with van der Waals surface area (Å²) in [5.41, 5.74) is 2.29. The molecule has 0 radical (unpaired) electrons. The second-order valence-corrected chi connectivity index (χ2v) is 5.09. The van der Waals surface area contributed by atoms with Crippen molar-refractivity contribution in [3.63, 3.8) is 0 Å². The van der Waals surface area contributed by atoms with Gasteiger partial charge < -0.3 is 9.98 Å². The van der Waals surface area contributed by atoms with E-state index in [-0.39, 0.29) is 0 Å². The molecule has 5 nitrogen and oxygen atoms in total. The van der Waals surface area contributed by atoms with Gasteiger partial charge in [0.15, 0.2) is 0 Å². The van der Waals surface area contributed by atoms with Gasteiger partial charge in [-0.25, -0.2) is 0 Å². The Balaban J connectivity index is 2.01. The quantitative estimate of drug-likeness (QED) is 0.722. The SMILES string of the molecule is CC(CC=N)Cn1ccc2c(-n3cnnc3)cccc21. The van der Waals surface area contributed by atoms with Gasteiger partial charge in [-0.2, -0.15) is 0 Å². The largest absolute Gasteiger partial charge is 0.347 e. The molecular weight excluding hydrogens is 250 g/mol. The van der Waals surface area contributed by atoms with Gasteiger partial charge in [0.2, 0.25) is 0 Å². The number of hydrogen-bond donors (Lipinski definition) is 1. The summed E-state index contributed by atoms with van der Waals surface area (Å²) in [5, 5.41) is 16.1. The average Bonchev–Trinajstić information content (AvgIpc) is 3.09. The van der Waals surface area contributed by atoms with Gasteiger partial charge in [0.25, 0.3) is 0 Å². The molecule has 5 heteroatoms. The molecule has 0 aliphatic carbocycles. The first-order valence-corrected chi connectivity index (χ1v) is 6.71. The van der Waals surface area contributed by atoms with Gasteiger partial charge in [-0.05, 0) is 36.8 Å². The lowest BCUT2D eigenvalue weighted by molar-refractivity contribution is 0.511. The first-order chi connectivity index (χ1) is 9.79. The highest BCUT2D eigenvalue weighted by Gasteiger charge is 2.09. The summed E-state index contributed by atoms with van der Waals surface area (Å²) < 4.78 is 4.17. The van der Waals surface area contributed by atoms with Crippen molar-refractivity contribution in [2.45, 2.75) is 19.9 Å². The highest BCUT2D eigenvalue weighted by atomic mass is 15.2. The molecule has 3 rings (SSSR count). The zero-order chi connectivity index (χ0) is 13.9. The number of aromatic nitrogens is 4. The van der Waals surface area contributed by atoms with Gasteiger partial charge in [0.1, 0.15) is 12.7 Å². The number of benzene rings is 1. The molecule has 0 amide bonds. The molecule has 1 unspecified atom stereocenters. The van der Waals surface area contributed by atoms with Crippen LogP contribution in [0.4, 0.5) is 0 Å². The van der Waals surface area contributed by atoms with E-state index in [1.54, 1.807) is 12.7 Å². The van der Waals surface area contributed by atoms with Crippen molar-refractivity contribution in [1.29, 1.82) is 5.41 Å². The van der Waals surface area contributed by atoms with Gasteiger partial charge in [0.05, 0.1) is 11.2 Å². The Hall–Kier alpha value is -2.43. The smallest absolute Gasteiger partial charge is 0.123 e. The summed E-state index contributed by atoms with van der Waals surface area (Å²) in [7, 11) is 0. The third-order valence-electron chi connectivity index (χ3n) is 3.52. The molecule has 2 aromatic heterocycles. The third kappa shape index (κ3) is 2.22. The van der Waals surface area contributed by atoms with Crippen LogP contribution in [0.1, 0.15) is 13.3 Å². The highest BCUT2D eigenvalue weighted by Crippen LogP contribution is 2.24. The maximum Gasteiger partial charge on any atom is 0.123 e. The topological polar surface area (TPSA) is 59.5 Å². The fourth-order valence-corrected chi connectivity index (χ4v) is 2.53. The number of rotatable bonds is 5. The van der Waals surface area contributed by atoms with Crippen LogP contribution in [0.3, 0.4) is 0 Å². The number of nitrogens with zero attached hydrogens (tertiary/aromatic N) is 4. The Kier molecular flexibility index (Phi) is 3.33. The predicted octanol–water partition coefficient (Wildman–Crippen LogP) is 2.90. The standard InChI is InChI=1S/C15H17N5/c1-12(5-7-16)9-19-8-6-13-14(19)3-2-4-15(13)20-10-17-18-11-20/h2-4,6-8,10-12,16H,5,9H2,1H3. The summed E-state index contributed by atoms with van der Waals surface area (Å²) in [5.74, 6) is 0.460. The van der Waals surface area contributed by atoms with Crippen LogP contribution in [0.5, 0.6) is 0 Å². The Morgan fingerprint density at radius 3 is 2.80 bits per heavy atom. The van der Waals surface area contributed by atoms with E-state index < -0.39 is 0 Å². The van der Waals surface area contributed by atoms with Crippen molar-refractivity contribution in [1.82, 2.24) is 19.3 Å². The summed E-state index contributed by atoms with van der Waals surface area (Å²) in [6.45, 7) is 3.09. The molecule has 3 aromatic rings. The van der Waals surface area contributed by atoms with Crippen LogP contribution in [0, 0.1) is 11.3 Å². The van der Waals surface area contributed by atoms with Gasteiger partial charge >= 0.3 is 0 Å². The highest BCUT2D eigenvalue weighted by molar-refractivity contribution is 5.88. The second-order valence-electron chi connectivity index (χ2n) is 5.09. The molecule has 0 aliphatic heterocycles. The normalized spacial score (nSPS) is 12.7. The van der Waals surface area contributed by atoms with Gasteiger partial charge in [0, 0.05) is 18.1 Å². The van der Waals surface area contributed by atoms with Crippen LogP contribution >= 0.6 is 0 Å². The maximum absolute atomic E-state index is 7.20. The lowest BCUT2D eigenvalue weighted by atomic mass is 10.1. The minimum absolute atomic E-state index is 0.460. The van der Waals surface area contributed by atoms with Gasteiger partial charge in [-0.3, -0.25) is 4.57 Å². The third-order valence-corrected chi connectivity index (χ3v) is 3.52. The molecule has 0 bridgehead atoms. The minimum atomic E-state index is 0.460. The summed E-state index contributed by atoms with van der Waals surface area (Å²) in [4.78, 5) is 0. The van der Waals surface area contributed by atoms with Crippen LogP contribution in [0.2, 0.25) is 0 Å². The minimum Gasteiger partial charge on any atom is -0.347 e. The van der Waals surface area contributed by atoms with Crippen LogP contribution < -0.4 is 0 Å². The molecule has 0 aliphatic rings. The van der Waals surface area contributed by atoms with E-state index in [1.165, 1.54) is 17.1 Å². The first kappa shape index (κ1) is 12.6. The molecule has 102 valence electrons. The molecule has 0 saturated heterocycles. The fraction of sp³-hybridized carbons (Fsp3) is 0.267. The molecule has 0 spiro atoms. The van der Waals surface area contributed by atoms with Crippen molar-refractivity contribution in [3.05, 3.63) is 43.1 Å². The van der Waals surface area contributed by atoms with Gasteiger partial charge in [-0.15, -0.1) is 10.2 Å². The molecule has 20 heavy (non-hydrogen) atoms. The fourth-order valence-electron chi connectivity index (χ4n) is 2.53. The summed E-state index contributed by atoms with van der Waals surface area (Å²) in [6, 6.07) is 8.37. The van der Waals surface area contributed by atoms with Crippen LogP contribution in [0.25, 0.3) is 16.6 Å². The van der Waals surface area contributed by atoms with E-state index in [0.29, 0.717) is 5.92 Å². The van der Waals surface area contributed by atoms with E-state index in [0.717, 1.165) is 18.7 Å². The average molecular weight is 267 g/mol. The van der Waals surface area contributed by atoms with E-state index in [2.05, 4.69) is 52.2 Å². The Morgan fingerprint density at radius 1 is 1.25 bits per heavy atom. The number of fused-ring (bicyclic) bond motifs is 1. The van der Waals surface area contributed by atoms with Crippen molar-refractivity contribution < 1.29 is 0 Å². The molecule has 1 aromatic carbocycles. The monoisotopic (exact) mass is 267 g/mol. The molecule has 0 fully saturated rings. The lowest BCUT2D eigenvalue weighted by Crippen LogP contribution is -2.06. The molecule has 0 saturated carbocycles. The number of nitrogens with one attached hydrogen (secondary N) is 1. The van der Waals surface area contributed by atoms with Gasteiger partial charge in [-0.1, -0.05) is 13.0 Å². The number of hydrogen-bond acceptors (Lipinski definition) is 3. The van der Waals surface area contributed by atoms with Crippen LogP contribution in [-0.4, -0.2) is 25.5 Å². The Bertz CT molecular complexity index is 711. The Morgan fingerprint density at radius 2 is 2.05 bits per heavy atom. The van der Waals surface area contributed by atoms with E-state index in [9.17, 15) is 0 Å².